The standard InChI is InChI=1S/C19H18F2N2O4/c1-12(27-16-8-6-15(21)7-9-16)19(26)23-22-18(25)11-10-17(24)13-2-4-14(20)5-3-13/h2-9,12H,10-11H2,1H3,(H,22,25)(H,23,26)/t12-/m1/s1. The van der Waals surface area contributed by atoms with Gasteiger partial charge in [0.25, 0.3) is 5.91 Å². The zero-order valence-corrected chi connectivity index (χ0v) is 14.5. The molecule has 2 rings (SSSR count). The van der Waals surface area contributed by atoms with Crippen molar-refractivity contribution in [2.24, 2.45) is 0 Å². The van der Waals surface area contributed by atoms with Gasteiger partial charge < -0.3 is 4.74 Å². The molecular formula is C19H18F2N2O4. The number of ether oxygens (including phenoxy) is 1. The molecule has 2 amide bonds. The van der Waals surface area contributed by atoms with Crippen molar-refractivity contribution < 1.29 is 27.9 Å². The van der Waals surface area contributed by atoms with Crippen molar-refractivity contribution in [2.45, 2.75) is 25.9 Å². The molecule has 2 aromatic carbocycles. The second-order valence-corrected chi connectivity index (χ2v) is 5.68. The molecule has 0 unspecified atom stereocenters. The van der Waals surface area contributed by atoms with Crippen LogP contribution in [-0.4, -0.2) is 23.7 Å². The Balaban J connectivity index is 1.72. The van der Waals surface area contributed by atoms with Gasteiger partial charge in [0.2, 0.25) is 5.91 Å². The first-order chi connectivity index (χ1) is 12.8. The minimum Gasteiger partial charge on any atom is -0.481 e. The summed E-state index contributed by atoms with van der Waals surface area (Å²) in [6.07, 6.45) is -1.17. The summed E-state index contributed by atoms with van der Waals surface area (Å²) >= 11 is 0. The van der Waals surface area contributed by atoms with Crippen LogP contribution in [0.15, 0.2) is 48.5 Å². The van der Waals surface area contributed by atoms with Gasteiger partial charge in [-0.1, -0.05) is 0 Å². The molecule has 142 valence electrons. The quantitative estimate of drug-likeness (QED) is 0.575. The summed E-state index contributed by atoms with van der Waals surface area (Å²) in [6.45, 7) is 1.46. The van der Waals surface area contributed by atoms with Crippen LogP contribution in [0.3, 0.4) is 0 Å². The fourth-order valence-corrected chi connectivity index (χ4v) is 2.07. The van der Waals surface area contributed by atoms with Crippen molar-refractivity contribution in [1.82, 2.24) is 10.9 Å². The normalized spacial score (nSPS) is 11.4. The van der Waals surface area contributed by atoms with Crippen LogP contribution in [0.25, 0.3) is 0 Å². The van der Waals surface area contributed by atoms with Crippen molar-refractivity contribution in [3.8, 4) is 5.75 Å². The van der Waals surface area contributed by atoms with Gasteiger partial charge in [-0.05, 0) is 55.5 Å². The van der Waals surface area contributed by atoms with Crippen molar-refractivity contribution in [3.63, 3.8) is 0 Å². The first-order valence-corrected chi connectivity index (χ1v) is 8.15. The summed E-state index contributed by atoms with van der Waals surface area (Å²) in [4.78, 5) is 35.5. The van der Waals surface area contributed by atoms with E-state index in [0.717, 1.165) is 12.1 Å². The molecule has 0 heterocycles. The lowest BCUT2D eigenvalue weighted by molar-refractivity contribution is -0.132. The van der Waals surface area contributed by atoms with Crippen molar-refractivity contribution in [1.29, 1.82) is 0 Å². The first kappa shape index (κ1) is 20.0. The number of hydrazine groups is 1. The zero-order chi connectivity index (χ0) is 19.8. The third-order valence-corrected chi connectivity index (χ3v) is 3.57. The maximum Gasteiger partial charge on any atom is 0.279 e. The molecular weight excluding hydrogens is 358 g/mol. The molecule has 2 aromatic rings. The number of amides is 2. The van der Waals surface area contributed by atoms with E-state index in [-0.39, 0.29) is 18.6 Å². The summed E-state index contributed by atoms with van der Waals surface area (Å²) in [6, 6.07) is 10.1. The van der Waals surface area contributed by atoms with Crippen LogP contribution in [0.2, 0.25) is 0 Å². The van der Waals surface area contributed by atoms with Crippen LogP contribution < -0.4 is 15.6 Å². The van der Waals surface area contributed by atoms with Crippen LogP contribution in [0.4, 0.5) is 8.78 Å². The summed E-state index contributed by atoms with van der Waals surface area (Å²) in [5, 5.41) is 0. The lowest BCUT2D eigenvalue weighted by Gasteiger charge is -2.15. The second kappa shape index (κ2) is 9.42. The van der Waals surface area contributed by atoms with Crippen LogP contribution in [0.5, 0.6) is 5.75 Å². The molecule has 0 aliphatic heterocycles. The molecule has 0 aliphatic carbocycles. The Kier molecular flexibility index (Phi) is 6.99. The molecule has 1 atom stereocenters. The van der Waals surface area contributed by atoms with Crippen molar-refractivity contribution >= 4 is 17.6 Å². The highest BCUT2D eigenvalue weighted by molar-refractivity contribution is 5.98. The van der Waals surface area contributed by atoms with E-state index in [1.54, 1.807) is 0 Å². The molecule has 0 aromatic heterocycles. The number of hydrogen-bond donors (Lipinski definition) is 2. The third-order valence-electron chi connectivity index (χ3n) is 3.57. The van der Waals surface area contributed by atoms with Crippen molar-refractivity contribution in [3.05, 3.63) is 65.7 Å². The fraction of sp³-hybridized carbons (Fsp3) is 0.211. The van der Waals surface area contributed by atoms with E-state index in [0.29, 0.717) is 11.3 Å². The third kappa shape index (κ3) is 6.50. The van der Waals surface area contributed by atoms with E-state index in [1.807, 2.05) is 0 Å². The number of benzene rings is 2. The predicted molar refractivity (Wildman–Crippen MR) is 92.7 cm³/mol. The number of hydrogen-bond acceptors (Lipinski definition) is 4. The van der Waals surface area contributed by atoms with Gasteiger partial charge in [-0.15, -0.1) is 0 Å². The Labute approximate surface area is 154 Å². The lowest BCUT2D eigenvalue weighted by atomic mass is 10.1. The van der Waals surface area contributed by atoms with E-state index >= 15 is 0 Å². The van der Waals surface area contributed by atoms with Crippen molar-refractivity contribution in [2.75, 3.05) is 0 Å². The highest BCUT2D eigenvalue weighted by atomic mass is 19.1. The Morgan fingerprint density at radius 2 is 1.44 bits per heavy atom. The maximum atomic E-state index is 12.8. The molecule has 6 nitrogen and oxygen atoms in total. The first-order valence-electron chi connectivity index (χ1n) is 8.15. The number of Topliss-reactive ketones (excluding diaryl/α,β-unsaturated/α-hetero) is 1. The number of nitrogens with one attached hydrogen (secondary N) is 2. The largest absolute Gasteiger partial charge is 0.481 e. The number of ketones is 1. The highest BCUT2D eigenvalue weighted by Gasteiger charge is 2.16. The minimum atomic E-state index is -0.934. The molecule has 27 heavy (non-hydrogen) atoms. The maximum absolute atomic E-state index is 12.8. The van der Waals surface area contributed by atoms with Gasteiger partial charge in [0.1, 0.15) is 17.4 Å². The fourth-order valence-electron chi connectivity index (χ4n) is 2.07. The second-order valence-electron chi connectivity index (χ2n) is 5.68. The average Bonchev–Trinajstić information content (AvgIpc) is 2.66. The molecule has 0 radical (unpaired) electrons. The Bertz CT molecular complexity index is 807. The number of halogens is 2. The van der Waals surface area contributed by atoms with Gasteiger partial charge in [-0.3, -0.25) is 25.2 Å². The van der Waals surface area contributed by atoms with Gasteiger partial charge in [0.05, 0.1) is 0 Å². The van der Waals surface area contributed by atoms with E-state index in [1.165, 1.54) is 43.3 Å². The highest BCUT2D eigenvalue weighted by Crippen LogP contribution is 2.13. The van der Waals surface area contributed by atoms with Gasteiger partial charge in [-0.2, -0.15) is 0 Å². The summed E-state index contributed by atoms with van der Waals surface area (Å²) in [5.41, 5.74) is 4.67. The average molecular weight is 376 g/mol. The summed E-state index contributed by atoms with van der Waals surface area (Å²) < 4.78 is 31.0. The van der Waals surface area contributed by atoms with Gasteiger partial charge in [0, 0.05) is 18.4 Å². The number of carbonyl (C=O) groups is 3. The van der Waals surface area contributed by atoms with Gasteiger partial charge >= 0.3 is 0 Å². The van der Waals surface area contributed by atoms with Gasteiger partial charge in [-0.25, -0.2) is 8.78 Å². The lowest BCUT2D eigenvalue weighted by Crippen LogP contribution is -2.47. The summed E-state index contributed by atoms with van der Waals surface area (Å²) in [5.74, 6) is -2.07. The van der Waals surface area contributed by atoms with Crippen LogP contribution in [-0.2, 0) is 9.59 Å². The van der Waals surface area contributed by atoms with Crippen LogP contribution in [0.1, 0.15) is 30.1 Å². The minimum absolute atomic E-state index is 0.0883. The molecule has 2 N–H and O–H groups in total. The molecule has 0 aliphatic rings. The topological polar surface area (TPSA) is 84.5 Å². The molecule has 0 fully saturated rings. The monoisotopic (exact) mass is 376 g/mol. The Morgan fingerprint density at radius 1 is 0.889 bits per heavy atom. The predicted octanol–water partition coefficient (Wildman–Crippen LogP) is 2.54. The van der Waals surface area contributed by atoms with Gasteiger partial charge in [0.15, 0.2) is 11.9 Å². The van der Waals surface area contributed by atoms with E-state index in [4.69, 9.17) is 4.74 Å². The number of rotatable bonds is 7. The molecule has 0 saturated carbocycles. The van der Waals surface area contributed by atoms with E-state index in [2.05, 4.69) is 10.9 Å². The Morgan fingerprint density at radius 3 is 2.04 bits per heavy atom. The SMILES string of the molecule is C[C@@H](Oc1ccc(F)cc1)C(=O)NNC(=O)CCC(=O)c1ccc(F)cc1. The number of carbonyl (C=O) groups excluding carboxylic acids is 3. The zero-order valence-electron chi connectivity index (χ0n) is 14.5. The molecule has 0 spiro atoms. The summed E-state index contributed by atoms with van der Waals surface area (Å²) in [7, 11) is 0. The molecule has 0 saturated heterocycles. The van der Waals surface area contributed by atoms with E-state index < -0.39 is 29.6 Å². The smallest absolute Gasteiger partial charge is 0.279 e. The van der Waals surface area contributed by atoms with E-state index in [9.17, 15) is 23.2 Å². The molecule has 0 bridgehead atoms. The Hall–Kier alpha value is -3.29. The van der Waals surface area contributed by atoms with Crippen LogP contribution >= 0.6 is 0 Å². The van der Waals surface area contributed by atoms with Crippen LogP contribution in [0, 0.1) is 11.6 Å². The molecule has 8 heteroatoms.